The van der Waals surface area contributed by atoms with Crippen LogP contribution in [-0.4, -0.2) is 71.4 Å². The van der Waals surface area contributed by atoms with Gasteiger partial charge >= 0.3 is 0 Å². The second kappa shape index (κ2) is 10.5. The monoisotopic (exact) mass is 551 g/mol. The summed E-state index contributed by atoms with van der Waals surface area (Å²) in [6.45, 7) is 0. The van der Waals surface area contributed by atoms with Crippen LogP contribution in [0.5, 0.6) is 17.2 Å². The fraction of sp³-hybridized carbons (Fsp3) is 0.143. The van der Waals surface area contributed by atoms with Gasteiger partial charge in [0, 0.05) is 0 Å². The highest BCUT2D eigenvalue weighted by Gasteiger charge is 2.43. The van der Waals surface area contributed by atoms with Crippen LogP contribution in [0.15, 0.2) is 91.4 Å². The summed E-state index contributed by atoms with van der Waals surface area (Å²) >= 11 is 0. The predicted octanol–water partition coefficient (Wildman–Crippen LogP) is 2.74. The second-order valence-corrected chi connectivity index (χ2v) is 8.95. The molecule has 1 N–H and O–H groups in total. The van der Waals surface area contributed by atoms with Gasteiger partial charge in [-0.15, -0.1) is 15.3 Å². The van der Waals surface area contributed by atoms with E-state index in [0.717, 1.165) is 17.1 Å². The summed E-state index contributed by atoms with van der Waals surface area (Å²) in [6, 6.07) is 21.8. The molecule has 0 aliphatic rings. The standard InChI is InChI=1S/C28H25N9O4/c1-39-22-10-4-19(5-11-22)35-16-25(29-32-35)28(38,26-17-36(33-30-26)20-6-12-23(40-2)13-7-20)27-18-37(34-31-27)21-8-14-24(41-3)15-9-21/h4-18,38H,1-3H3. The first-order valence-electron chi connectivity index (χ1n) is 12.5. The molecule has 0 fully saturated rings. The first kappa shape index (κ1) is 25.7. The van der Waals surface area contributed by atoms with Crippen LogP contribution in [0.1, 0.15) is 17.1 Å². The number of aromatic nitrogens is 9. The Bertz CT molecular complexity index is 1550. The Morgan fingerprint density at radius 1 is 0.488 bits per heavy atom. The van der Waals surface area contributed by atoms with Crippen molar-refractivity contribution >= 4 is 0 Å². The number of nitrogens with zero attached hydrogens (tertiary/aromatic N) is 9. The number of benzene rings is 3. The summed E-state index contributed by atoms with van der Waals surface area (Å²) in [5.74, 6) is 2.11. The smallest absolute Gasteiger partial charge is 0.201 e. The van der Waals surface area contributed by atoms with Crippen LogP contribution in [0.25, 0.3) is 17.1 Å². The number of rotatable bonds is 9. The van der Waals surface area contributed by atoms with Crippen molar-refractivity contribution in [3.8, 4) is 34.3 Å². The number of aliphatic hydroxyl groups is 1. The highest BCUT2D eigenvalue weighted by atomic mass is 16.5. The van der Waals surface area contributed by atoms with Gasteiger partial charge in [0.1, 0.15) is 34.3 Å². The van der Waals surface area contributed by atoms with Crippen molar-refractivity contribution < 1.29 is 19.3 Å². The first-order valence-corrected chi connectivity index (χ1v) is 12.5. The van der Waals surface area contributed by atoms with Gasteiger partial charge in [-0.25, -0.2) is 14.0 Å². The summed E-state index contributed by atoms with van der Waals surface area (Å²) in [6.07, 6.45) is 4.84. The lowest BCUT2D eigenvalue weighted by Crippen LogP contribution is -2.30. The number of hydrogen-bond donors (Lipinski definition) is 1. The van der Waals surface area contributed by atoms with Crippen molar-refractivity contribution in [1.82, 2.24) is 45.0 Å². The van der Waals surface area contributed by atoms with E-state index in [2.05, 4.69) is 30.9 Å². The van der Waals surface area contributed by atoms with Crippen LogP contribution in [-0.2, 0) is 5.60 Å². The van der Waals surface area contributed by atoms with E-state index in [0.29, 0.717) is 17.2 Å². The molecule has 6 aromatic rings. The molecule has 0 amide bonds. The molecule has 41 heavy (non-hydrogen) atoms. The van der Waals surface area contributed by atoms with E-state index >= 15 is 0 Å². The molecule has 6 rings (SSSR count). The van der Waals surface area contributed by atoms with E-state index in [1.807, 2.05) is 72.8 Å². The lowest BCUT2D eigenvalue weighted by molar-refractivity contribution is 0.111. The average molecular weight is 552 g/mol. The maximum absolute atomic E-state index is 12.3. The Morgan fingerprint density at radius 2 is 0.756 bits per heavy atom. The van der Waals surface area contributed by atoms with Gasteiger partial charge in [-0.05, 0) is 72.8 Å². The number of hydrogen-bond acceptors (Lipinski definition) is 10. The van der Waals surface area contributed by atoms with Crippen LogP contribution in [0.2, 0.25) is 0 Å². The van der Waals surface area contributed by atoms with E-state index in [9.17, 15) is 5.11 Å². The Balaban J connectivity index is 1.43. The van der Waals surface area contributed by atoms with Crippen LogP contribution in [0.3, 0.4) is 0 Å². The summed E-state index contributed by atoms with van der Waals surface area (Å²) < 4.78 is 20.4. The van der Waals surface area contributed by atoms with Gasteiger partial charge < -0.3 is 19.3 Å². The van der Waals surface area contributed by atoms with Crippen molar-refractivity contribution in [1.29, 1.82) is 0 Å². The Kier molecular flexibility index (Phi) is 6.61. The molecule has 0 aliphatic heterocycles. The zero-order valence-electron chi connectivity index (χ0n) is 22.4. The van der Waals surface area contributed by atoms with Crippen LogP contribution >= 0.6 is 0 Å². The van der Waals surface area contributed by atoms with Crippen molar-refractivity contribution in [3.05, 3.63) is 108 Å². The molecule has 0 saturated carbocycles. The molecular weight excluding hydrogens is 526 g/mol. The predicted molar refractivity (Wildman–Crippen MR) is 146 cm³/mol. The number of ether oxygens (including phenoxy) is 3. The van der Waals surface area contributed by atoms with Crippen molar-refractivity contribution in [2.45, 2.75) is 5.60 Å². The van der Waals surface area contributed by atoms with Crippen molar-refractivity contribution in [3.63, 3.8) is 0 Å². The van der Waals surface area contributed by atoms with E-state index < -0.39 is 5.60 Å². The van der Waals surface area contributed by atoms with Crippen LogP contribution in [0.4, 0.5) is 0 Å². The molecule has 206 valence electrons. The van der Waals surface area contributed by atoms with Gasteiger partial charge in [0.2, 0.25) is 5.60 Å². The minimum atomic E-state index is -1.94. The minimum Gasteiger partial charge on any atom is -0.497 e. The summed E-state index contributed by atoms with van der Waals surface area (Å²) in [7, 11) is 4.79. The molecule has 3 aromatic carbocycles. The van der Waals surface area contributed by atoms with Crippen molar-refractivity contribution in [2.24, 2.45) is 0 Å². The highest BCUT2D eigenvalue weighted by molar-refractivity contribution is 5.43. The molecule has 0 unspecified atom stereocenters. The first-order chi connectivity index (χ1) is 20.0. The molecule has 3 heterocycles. The van der Waals surface area contributed by atoms with Crippen molar-refractivity contribution in [2.75, 3.05) is 21.3 Å². The zero-order valence-corrected chi connectivity index (χ0v) is 22.4. The van der Waals surface area contributed by atoms with Gasteiger partial charge in [-0.2, -0.15) is 0 Å². The van der Waals surface area contributed by atoms with Crippen LogP contribution < -0.4 is 14.2 Å². The zero-order chi connectivity index (χ0) is 28.4. The van der Waals surface area contributed by atoms with Gasteiger partial charge in [0.15, 0.2) is 0 Å². The van der Waals surface area contributed by atoms with E-state index in [1.165, 1.54) is 0 Å². The lowest BCUT2D eigenvalue weighted by atomic mass is 9.93. The molecule has 13 heteroatoms. The van der Waals surface area contributed by atoms with E-state index in [4.69, 9.17) is 14.2 Å². The molecule has 0 radical (unpaired) electrons. The number of methoxy groups -OCH3 is 3. The Labute approximate surface area is 234 Å². The maximum Gasteiger partial charge on any atom is 0.201 e. The molecule has 0 atom stereocenters. The molecule has 3 aromatic heterocycles. The fourth-order valence-corrected chi connectivity index (χ4v) is 4.27. The van der Waals surface area contributed by atoms with Crippen LogP contribution in [0, 0.1) is 0 Å². The highest BCUT2D eigenvalue weighted by Crippen LogP contribution is 2.34. The summed E-state index contributed by atoms with van der Waals surface area (Å²) in [4.78, 5) is 0. The van der Waals surface area contributed by atoms with Gasteiger partial charge in [-0.3, -0.25) is 0 Å². The molecule has 0 spiro atoms. The SMILES string of the molecule is COc1ccc(-n2cc(C(O)(c3cn(-c4ccc(OC)cc4)nn3)c3cn(-c4ccc(OC)cc4)nn3)nn2)cc1. The third-order valence-electron chi connectivity index (χ3n) is 6.60. The van der Waals surface area contributed by atoms with Gasteiger partial charge in [-0.1, -0.05) is 15.6 Å². The largest absolute Gasteiger partial charge is 0.497 e. The molecule has 0 bridgehead atoms. The third kappa shape index (κ3) is 4.74. The quantitative estimate of drug-likeness (QED) is 0.285. The van der Waals surface area contributed by atoms with Gasteiger partial charge in [0.05, 0.1) is 57.0 Å². The minimum absolute atomic E-state index is 0.178. The lowest BCUT2D eigenvalue weighted by Gasteiger charge is -2.20. The van der Waals surface area contributed by atoms with Gasteiger partial charge in [0.25, 0.3) is 0 Å². The second-order valence-electron chi connectivity index (χ2n) is 8.95. The molecule has 0 saturated heterocycles. The van der Waals surface area contributed by atoms with E-state index in [-0.39, 0.29) is 17.1 Å². The summed E-state index contributed by atoms with van der Waals surface area (Å²) in [5.41, 5.74) is 0.743. The Hall–Kier alpha value is -5.56. The third-order valence-corrected chi connectivity index (χ3v) is 6.60. The molecular formula is C28H25N9O4. The topological polar surface area (TPSA) is 140 Å². The summed E-state index contributed by atoms with van der Waals surface area (Å²) in [5, 5.41) is 38.1. The Morgan fingerprint density at radius 3 is 1.00 bits per heavy atom. The fourth-order valence-electron chi connectivity index (χ4n) is 4.27. The normalized spacial score (nSPS) is 11.4. The average Bonchev–Trinajstić information content (AvgIpc) is 3.83. The van der Waals surface area contributed by atoms with E-state index in [1.54, 1.807) is 54.0 Å². The molecule has 0 aliphatic carbocycles. The molecule has 13 nitrogen and oxygen atoms in total. The maximum atomic E-state index is 12.3.